The van der Waals surface area contributed by atoms with E-state index in [1.54, 1.807) is 18.4 Å². The maximum absolute atomic E-state index is 12.7. The fourth-order valence-electron chi connectivity index (χ4n) is 2.97. The van der Waals surface area contributed by atoms with Gasteiger partial charge in [0.2, 0.25) is 0 Å². The summed E-state index contributed by atoms with van der Waals surface area (Å²) in [6.07, 6.45) is 7.00. The van der Waals surface area contributed by atoms with E-state index in [9.17, 15) is 14.4 Å². The number of carbonyl (C=O) groups is 3. The van der Waals surface area contributed by atoms with Crippen LogP contribution in [0.1, 0.15) is 46.7 Å². The van der Waals surface area contributed by atoms with Crippen LogP contribution in [-0.2, 0) is 0 Å². The molecule has 0 unspecified atom stereocenters. The number of ketones is 1. The molecule has 142 valence electrons. The number of carboxylic acids is 1. The number of amides is 2. The summed E-state index contributed by atoms with van der Waals surface area (Å²) >= 11 is 2.32. The van der Waals surface area contributed by atoms with Crippen molar-refractivity contribution in [3.8, 4) is 0 Å². The molecule has 2 heterocycles. The van der Waals surface area contributed by atoms with Gasteiger partial charge in [0, 0.05) is 12.1 Å². The van der Waals surface area contributed by atoms with Gasteiger partial charge in [-0.15, -0.1) is 11.8 Å². The van der Waals surface area contributed by atoms with Crippen molar-refractivity contribution >= 4 is 51.7 Å². The second kappa shape index (κ2) is 8.49. The van der Waals surface area contributed by atoms with Gasteiger partial charge in [-0.25, -0.2) is 14.6 Å². The molecule has 1 aliphatic carbocycles. The molecule has 0 spiro atoms. The molecular weight excluding hydrogens is 388 g/mol. The summed E-state index contributed by atoms with van der Waals surface area (Å²) < 4.78 is 0.497. The Bertz CT molecular complexity index is 878. The number of pyridine rings is 1. The van der Waals surface area contributed by atoms with Crippen LogP contribution >= 0.6 is 23.1 Å². The predicted octanol–water partition coefficient (Wildman–Crippen LogP) is 3.98. The highest BCUT2D eigenvalue weighted by Crippen LogP contribution is 2.32. The Morgan fingerprint density at radius 1 is 1.22 bits per heavy atom. The van der Waals surface area contributed by atoms with Crippen LogP contribution in [0, 0.1) is 5.92 Å². The van der Waals surface area contributed by atoms with Crippen LogP contribution in [0.15, 0.2) is 22.5 Å². The van der Waals surface area contributed by atoms with Crippen LogP contribution in [0.3, 0.4) is 0 Å². The van der Waals surface area contributed by atoms with Gasteiger partial charge in [-0.1, -0.05) is 24.2 Å². The zero-order valence-corrected chi connectivity index (χ0v) is 16.2. The fourth-order valence-corrected chi connectivity index (χ4v) is 4.55. The summed E-state index contributed by atoms with van der Waals surface area (Å²) in [6, 6.07) is 2.65. The average Bonchev–Trinajstić information content (AvgIpc) is 3.31. The van der Waals surface area contributed by atoms with Crippen molar-refractivity contribution in [3.05, 3.63) is 29.7 Å². The lowest BCUT2D eigenvalue weighted by atomic mass is 9.99. The molecule has 3 N–H and O–H groups in total. The van der Waals surface area contributed by atoms with Crippen LogP contribution in [0.5, 0.6) is 0 Å². The molecule has 2 aromatic heterocycles. The Labute approximate surface area is 163 Å². The van der Waals surface area contributed by atoms with Gasteiger partial charge in [0.05, 0.1) is 9.90 Å². The molecular formula is C17H18N4O4S2. The van der Waals surface area contributed by atoms with Crippen molar-refractivity contribution in [1.29, 1.82) is 0 Å². The number of carbonyl (C=O) groups excluding carboxylic acids is 2. The number of anilines is 2. The highest BCUT2D eigenvalue weighted by molar-refractivity contribution is 8.00. The van der Waals surface area contributed by atoms with Gasteiger partial charge in [-0.05, 0) is 31.2 Å². The molecule has 0 bridgehead atoms. The largest absolute Gasteiger partial charge is 0.476 e. The van der Waals surface area contributed by atoms with E-state index in [1.807, 2.05) is 0 Å². The number of thiazole rings is 1. The minimum absolute atomic E-state index is 0.0512. The molecule has 0 aromatic carbocycles. The Balaban J connectivity index is 1.73. The predicted molar refractivity (Wildman–Crippen MR) is 104 cm³/mol. The van der Waals surface area contributed by atoms with Crippen molar-refractivity contribution in [3.63, 3.8) is 0 Å². The van der Waals surface area contributed by atoms with Gasteiger partial charge in [-0.2, -0.15) is 0 Å². The highest BCUT2D eigenvalue weighted by atomic mass is 32.2. The van der Waals surface area contributed by atoms with E-state index in [2.05, 4.69) is 20.6 Å². The van der Waals surface area contributed by atoms with Crippen molar-refractivity contribution in [1.82, 2.24) is 9.97 Å². The highest BCUT2D eigenvalue weighted by Gasteiger charge is 2.27. The van der Waals surface area contributed by atoms with Gasteiger partial charge >= 0.3 is 12.0 Å². The molecule has 1 saturated carbocycles. The van der Waals surface area contributed by atoms with E-state index in [4.69, 9.17) is 5.11 Å². The van der Waals surface area contributed by atoms with Crippen molar-refractivity contribution in [2.75, 3.05) is 16.9 Å². The van der Waals surface area contributed by atoms with Crippen molar-refractivity contribution in [2.24, 2.45) is 5.92 Å². The molecule has 0 radical (unpaired) electrons. The molecule has 8 nitrogen and oxygen atoms in total. The van der Waals surface area contributed by atoms with Crippen molar-refractivity contribution < 1.29 is 19.5 Å². The number of urea groups is 1. The Kier molecular flexibility index (Phi) is 6.07. The molecule has 0 atom stereocenters. The van der Waals surface area contributed by atoms with Gasteiger partial charge in [-0.3, -0.25) is 15.1 Å². The summed E-state index contributed by atoms with van der Waals surface area (Å²) in [5.41, 5.74) is 0.475. The molecule has 0 saturated heterocycles. The summed E-state index contributed by atoms with van der Waals surface area (Å²) in [7, 11) is 0. The number of hydrogen-bond donors (Lipinski definition) is 3. The summed E-state index contributed by atoms with van der Waals surface area (Å²) in [5.74, 6) is -1.26. The third-order valence-corrected chi connectivity index (χ3v) is 6.30. The minimum Gasteiger partial charge on any atom is -0.476 e. The summed E-state index contributed by atoms with van der Waals surface area (Å²) in [5, 5.41) is 14.4. The van der Waals surface area contributed by atoms with Crippen LogP contribution in [0.4, 0.5) is 15.6 Å². The first-order chi connectivity index (χ1) is 13.0. The minimum atomic E-state index is -1.15. The number of nitrogens with one attached hydrogen (secondary N) is 2. The molecule has 0 aliphatic heterocycles. The van der Waals surface area contributed by atoms with Gasteiger partial charge in [0.15, 0.2) is 16.6 Å². The lowest BCUT2D eigenvalue weighted by molar-refractivity contribution is 0.0687. The maximum Gasteiger partial charge on any atom is 0.356 e. The van der Waals surface area contributed by atoms with Crippen molar-refractivity contribution in [2.45, 2.75) is 29.9 Å². The maximum atomic E-state index is 12.7. The summed E-state index contributed by atoms with van der Waals surface area (Å²) in [6.45, 7) is 0. The number of thioether (sulfide) groups is 1. The standard InChI is InChI=1S/C17H18N4O4S2/c1-26-15-12(14(23)24)20-17(27-15)21-16(25)19-10-7-4-8-18-11(10)13(22)9-5-2-3-6-9/h4,7-9H,2-3,5-6H2,1H3,(H,23,24)(H2,19,20,21,25). The fraction of sp³-hybridized carbons (Fsp3) is 0.353. The number of Topliss-reactive ketones (excluding diaryl/α,β-unsaturated/α-hetero) is 1. The lowest BCUT2D eigenvalue weighted by Crippen LogP contribution is -2.23. The monoisotopic (exact) mass is 406 g/mol. The Morgan fingerprint density at radius 2 is 1.96 bits per heavy atom. The Morgan fingerprint density at radius 3 is 2.59 bits per heavy atom. The molecule has 10 heteroatoms. The van der Waals surface area contributed by atoms with Gasteiger partial charge in [0.25, 0.3) is 0 Å². The third kappa shape index (κ3) is 4.45. The molecule has 27 heavy (non-hydrogen) atoms. The van der Waals surface area contributed by atoms with Crippen LogP contribution in [-0.4, -0.2) is 39.1 Å². The zero-order chi connectivity index (χ0) is 19.4. The normalized spacial score (nSPS) is 14.1. The first-order valence-corrected chi connectivity index (χ1v) is 10.4. The molecule has 2 amide bonds. The average molecular weight is 406 g/mol. The smallest absolute Gasteiger partial charge is 0.356 e. The van der Waals surface area contributed by atoms with Crippen LogP contribution in [0.25, 0.3) is 0 Å². The quantitative estimate of drug-likeness (QED) is 0.490. The van der Waals surface area contributed by atoms with E-state index in [0.717, 1.165) is 37.0 Å². The number of rotatable bonds is 6. The number of carboxylic acid groups (broad SMARTS) is 1. The van der Waals surface area contributed by atoms with E-state index in [1.165, 1.54) is 18.0 Å². The van der Waals surface area contributed by atoms with E-state index in [0.29, 0.717) is 9.90 Å². The Hall–Kier alpha value is -2.46. The topological polar surface area (TPSA) is 121 Å². The van der Waals surface area contributed by atoms with Gasteiger partial charge in [0.1, 0.15) is 5.69 Å². The number of hydrogen-bond acceptors (Lipinski definition) is 7. The molecule has 1 fully saturated rings. The molecule has 3 rings (SSSR count). The summed E-state index contributed by atoms with van der Waals surface area (Å²) in [4.78, 5) is 44.2. The number of aromatic nitrogens is 2. The van der Waals surface area contributed by atoms with E-state index >= 15 is 0 Å². The lowest BCUT2D eigenvalue weighted by Gasteiger charge is -2.12. The van der Waals surface area contributed by atoms with E-state index < -0.39 is 12.0 Å². The number of aromatic carboxylic acids is 1. The zero-order valence-electron chi connectivity index (χ0n) is 14.5. The third-order valence-electron chi connectivity index (χ3n) is 4.22. The SMILES string of the molecule is CSc1sc(NC(=O)Nc2cccnc2C(=O)C2CCCC2)nc1C(=O)O. The molecule has 2 aromatic rings. The first kappa shape index (κ1) is 19.3. The number of nitrogens with zero attached hydrogens (tertiary/aromatic N) is 2. The molecule has 1 aliphatic rings. The van der Waals surface area contributed by atoms with E-state index in [-0.39, 0.29) is 28.2 Å². The first-order valence-electron chi connectivity index (χ1n) is 8.35. The second-order valence-electron chi connectivity index (χ2n) is 5.99. The second-order valence-corrected chi connectivity index (χ2v) is 8.06. The van der Waals surface area contributed by atoms with Crippen LogP contribution < -0.4 is 10.6 Å². The van der Waals surface area contributed by atoms with Gasteiger partial charge < -0.3 is 10.4 Å². The van der Waals surface area contributed by atoms with Crippen LogP contribution in [0.2, 0.25) is 0 Å².